The van der Waals surface area contributed by atoms with Gasteiger partial charge < -0.3 is 9.84 Å². The molecule has 0 atom stereocenters. The molecule has 0 saturated heterocycles. The maximum Gasteiger partial charge on any atom is 0.310 e. The van der Waals surface area contributed by atoms with Crippen LogP contribution in [0.15, 0.2) is 12.8 Å². The van der Waals surface area contributed by atoms with E-state index in [1.54, 1.807) is 0 Å². The standard InChI is InChI=1S/C18H34O2.C2H4O2/c1-4-20-18(19)16-14-12-10-8-6-5-7-9-11-13-15-17(2)3;1-2(3)4/h4,17H,1,5-16H2,2-3H3;1H3,(H,3,4). The van der Waals surface area contributed by atoms with Crippen molar-refractivity contribution in [2.24, 2.45) is 5.92 Å². The van der Waals surface area contributed by atoms with E-state index >= 15 is 0 Å². The zero-order valence-electron chi connectivity index (χ0n) is 16.0. The summed E-state index contributed by atoms with van der Waals surface area (Å²) in [5.74, 6) is -0.125. The summed E-state index contributed by atoms with van der Waals surface area (Å²) in [5, 5.41) is 7.42. The van der Waals surface area contributed by atoms with Crippen molar-refractivity contribution in [3.63, 3.8) is 0 Å². The van der Waals surface area contributed by atoms with E-state index in [1.807, 2.05) is 0 Å². The van der Waals surface area contributed by atoms with Crippen molar-refractivity contribution in [3.05, 3.63) is 12.8 Å². The molecule has 0 aliphatic heterocycles. The lowest BCUT2D eigenvalue weighted by atomic mass is 10.0. The van der Waals surface area contributed by atoms with Crippen LogP contribution >= 0.6 is 0 Å². The summed E-state index contributed by atoms with van der Waals surface area (Å²) in [6.45, 7) is 9.06. The van der Waals surface area contributed by atoms with Gasteiger partial charge in [0.05, 0.1) is 6.26 Å². The molecule has 4 heteroatoms. The number of carbonyl (C=O) groups excluding carboxylic acids is 1. The maximum absolute atomic E-state index is 11.1. The van der Waals surface area contributed by atoms with Crippen molar-refractivity contribution < 1.29 is 19.4 Å². The topological polar surface area (TPSA) is 63.6 Å². The molecule has 0 saturated carbocycles. The van der Waals surface area contributed by atoms with Gasteiger partial charge in [0.25, 0.3) is 5.97 Å². The summed E-state index contributed by atoms with van der Waals surface area (Å²) < 4.78 is 4.67. The van der Waals surface area contributed by atoms with Crippen LogP contribution < -0.4 is 0 Å². The fraction of sp³-hybridized carbons (Fsp3) is 0.800. The van der Waals surface area contributed by atoms with Crippen molar-refractivity contribution in [2.75, 3.05) is 0 Å². The molecule has 0 aliphatic carbocycles. The van der Waals surface area contributed by atoms with Crippen LogP contribution in [0.25, 0.3) is 0 Å². The smallest absolute Gasteiger partial charge is 0.310 e. The Labute approximate surface area is 148 Å². The van der Waals surface area contributed by atoms with Crippen molar-refractivity contribution in [2.45, 2.75) is 97.8 Å². The van der Waals surface area contributed by atoms with Gasteiger partial charge in [0.15, 0.2) is 0 Å². The zero-order chi connectivity index (χ0) is 18.6. The zero-order valence-corrected chi connectivity index (χ0v) is 16.0. The molecule has 0 spiro atoms. The fourth-order valence-corrected chi connectivity index (χ4v) is 2.39. The average Bonchev–Trinajstić information content (AvgIpc) is 2.47. The van der Waals surface area contributed by atoms with Crippen LogP contribution in [0.3, 0.4) is 0 Å². The number of aliphatic carboxylic acids is 1. The highest BCUT2D eigenvalue weighted by atomic mass is 16.5. The Morgan fingerprint density at radius 2 is 1.29 bits per heavy atom. The van der Waals surface area contributed by atoms with Gasteiger partial charge in [0, 0.05) is 13.3 Å². The molecule has 0 aromatic rings. The van der Waals surface area contributed by atoms with Crippen molar-refractivity contribution in [3.8, 4) is 0 Å². The van der Waals surface area contributed by atoms with Crippen LogP contribution in [0.5, 0.6) is 0 Å². The molecule has 0 aliphatic rings. The van der Waals surface area contributed by atoms with Crippen molar-refractivity contribution in [1.29, 1.82) is 0 Å². The highest BCUT2D eigenvalue weighted by Crippen LogP contribution is 2.13. The minimum absolute atomic E-state index is 0.151. The quantitative estimate of drug-likeness (QED) is 0.235. The van der Waals surface area contributed by atoms with Gasteiger partial charge in [-0.1, -0.05) is 84.6 Å². The van der Waals surface area contributed by atoms with E-state index in [-0.39, 0.29) is 5.97 Å². The monoisotopic (exact) mass is 342 g/mol. The van der Waals surface area contributed by atoms with E-state index in [9.17, 15) is 4.79 Å². The number of ether oxygens (including phenoxy) is 1. The molecule has 24 heavy (non-hydrogen) atoms. The number of carboxylic acids is 1. The summed E-state index contributed by atoms with van der Waals surface area (Å²) in [4.78, 5) is 20.1. The van der Waals surface area contributed by atoms with E-state index in [0.29, 0.717) is 6.42 Å². The molecule has 4 nitrogen and oxygen atoms in total. The van der Waals surface area contributed by atoms with Crippen LogP contribution in [0, 0.1) is 5.92 Å². The highest BCUT2D eigenvalue weighted by molar-refractivity contribution is 5.69. The Kier molecular flexibility index (Phi) is 20.5. The van der Waals surface area contributed by atoms with E-state index in [0.717, 1.165) is 25.7 Å². The second-order valence-corrected chi connectivity index (χ2v) is 6.64. The normalized spacial score (nSPS) is 10.0. The first-order valence-corrected chi connectivity index (χ1v) is 9.40. The molecule has 0 unspecified atom stereocenters. The van der Waals surface area contributed by atoms with E-state index in [2.05, 4.69) is 25.2 Å². The predicted molar refractivity (Wildman–Crippen MR) is 99.8 cm³/mol. The Balaban J connectivity index is 0. The van der Waals surface area contributed by atoms with E-state index in [4.69, 9.17) is 9.90 Å². The summed E-state index contributed by atoms with van der Waals surface area (Å²) >= 11 is 0. The summed E-state index contributed by atoms with van der Waals surface area (Å²) in [7, 11) is 0. The molecule has 0 amide bonds. The van der Waals surface area contributed by atoms with E-state index < -0.39 is 5.97 Å². The lowest BCUT2D eigenvalue weighted by Gasteiger charge is -2.04. The first-order chi connectivity index (χ1) is 11.4. The highest BCUT2D eigenvalue weighted by Gasteiger charge is 2.00. The molecule has 1 N–H and O–H groups in total. The van der Waals surface area contributed by atoms with Crippen LogP contribution in [-0.4, -0.2) is 17.0 Å². The van der Waals surface area contributed by atoms with Crippen LogP contribution in [0.1, 0.15) is 97.8 Å². The van der Waals surface area contributed by atoms with Crippen LogP contribution in [-0.2, 0) is 14.3 Å². The number of unbranched alkanes of at least 4 members (excludes halogenated alkanes) is 9. The van der Waals surface area contributed by atoms with Crippen LogP contribution in [0.2, 0.25) is 0 Å². The minimum Gasteiger partial charge on any atom is -0.481 e. The molecule has 0 radical (unpaired) electrons. The third-order valence-electron chi connectivity index (χ3n) is 3.63. The average molecular weight is 343 g/mol. The number of carboxylic acid groups (broad SMARTS) is 1. The first kappa shape index (κ1) is 24.9. The van der Waals surface area contributed by atoms with Gasteiger partial charge in [-0.15, -0.1) is 0 Å². The minimum atomic E-state index is -0.833. The number of hydrogen-bond acceptors (Lipinski definition) is 3. The van der Waals surface area contributed by atoms with Crippen molar-refractivity contribution in [1.82, 2.24) is 0 Å². The van der Waals surface area contributed by atoms with Gasteiger partial charge in [-0.05, 0) is 12.3 Å². The second-order valence-electron chi connectivity index (χ2n) is 6.64. The number of rotatable bonds is 14. The summed E-state index contributed by atoms with van der Waals surface area (Å²) in [6.07, 6.45) is 16.1. The molecule has 0 fully saturated rings. The molecule has 0 rings (SSSR count). The molecule has 142 valence electrons. The van der Waals surface area contributed by atoms with Gasteiger partial charge in [-0.2, -0.15) is 0 Å². The SMILES string of the molecule is C=COC(=O)CCCCCCCCCCCCC(C)C.CC(=O)O. The number of hydrogen-bond donors (Lipinski definition) is 1. The van der Waals surface area contributed by atoms with Crippen LogP contribution in [0.4, 0.5) is 0 Å². The summed E-state index contributed by atoms with van der Waals surface area (Å²) in [6, 6.07) is 0. The lowest BCUT2D eigenvalue weighted by Crippen LogP contribution is -1.98. The fourth-order valence-electron chi connectivity index (χ4n) is 2.39. The van der Waals surface area contributed by atoms with Gasteiger partial charge in [0.1, 0.15) is 0 Å². The molecular weight excluding hydrogens is 304 g/mol. The lowest BCUT2D eigenvalue weighted by molar-refractivity contribution is -0.138. The Bertz CT molecular complexity index is 307. The third kappa shape index (κ3) is 28.8. The van der Waals surface area contributed by atoms with E-state index in [1.165, 1.54) is 64.0 Å². The Morgan fingerprint density at radius 1 is 0.917 bits per heavy atom. The number of carbonyl (C=O) groups is 2. The second kappa shape index (κ2) is 19.7. The van der Waals surface area contributed by atoms with Gasteiger partial charge in [-0.3, -0.25) is 9.59 Å². The molecule has 0 heterocycles. The first-order valence-electron chi connectivity index (χ1n) is 9.40. The van der Waals surface area contributed by atoms with Gasteiger partial charge in [-0.25, -0.2) is 0 Å². The number of esters is 1. The third-order valence-corrected chi connectivity index (χ3v) is 3.63. The maximum atomic E-state index is 11.1. The molecular formula is C20H38O4. The Hall–Kier alpha value is -1.32. The van der Waals surface area contributed by atoms with Gasteiger partial charge in [0.2, 0.25) is 0 Å². The molecule has 0 bridgehead atoms. The largest absolute Gasteiger partial charge is 0.481 e. The molecule has 0 aromatic heterocycles. The molecule has 0 aromatic carbocycles. The summed E-state index contributed by atoms with van der Waals surface area (Å²) in [5.41, 5.74) is 0. The predicted octanol–water partition coefficient (Wildman–Crippen LogP) is 6.10. The van der Waals surface area contributed by atoms with Gasteiger partial charge >= 0.3 is 5.97 Å². The Morgan fingerprint density at radius 3 is 1.67 bits per heavy atom. The van der Waals surface area contributed by atoms with Crippen molar-refractivity contribution >= 4 is 11.9 Å².